The molecule has 144 valence electrons. The summed E-state index contributed by atoms with van der Waals surface area (Å²) in [6.07, 6.45) is 0.480. The Hall–Kier alpha value is -2.78. The van der Waals surface area contributed by atoms with Crippen molar-refractivity contribution in [3.05, 3.63) is 17.8 Å². The van der Waals surface area contributed by atoms with E-state index in [2.05, 4.69) is 20.4 Å². The number of esters is 1. The zero-order chi connectivity index (χ0) is 20.1. The summed E-state index contributed by atoms with van der Waals surface area (Å²) in [6, 6.07) is 1.43. The molecule has 1 aromatic rings. The van der Waals surface area contributed by atoms with Crippen LogP contribution in [0, 0.1) is 6.92 Å². The maximum Gasteiger partial charge on any atom is 0.413 e. The molecule has 1 aromatic heterocycles. The van der Waals surface area contributed by atoms with Crippen LogP contribution >= 0.6 is 0 Å². The van der Waals surface area contributed by atoms with E-state index in [1.807, 2.05) is 0 Å². The van der Waals surface area contributed by atoms with Gasteiger partial charge in [0, 0.05) is 6.92 Å². The Morgan fingerprint density at radius 1 is 1.15 bits per heavy atom. The minimum Gasteiger partial charge on any atom is -0.452 e. The van der Waals surface area contributed by atoms with Gasteiger partial charge in [0.25, 0.3) is 5.92 Å². The van der Waals surface area contributed by atoms with Crippen LogP contribution in [-0.4, -0.2) is 41.1 Å². The number of ether oxygens (including phenoxy) is 2. The molecular formula is C16H21F2N3O5. The van der Waals surface area contributed by atoms with E-state index in [0.29, 0.717) is 12.5 Å². The zero-order valence-corrected chi connectivity index (χ0v) is 15.1. The zero-order valence-electron chi connectivity index (χ0n) is 15.1. The molecule has 0 radical (unpaired) electrons. The fraction of sp³-hybridized carbons (Fsp3) is 0.500. The number of hydrogen-bond donors (Lipinski definition) is 2. The number of amides is 2. The number of aromatic nitrogens is 1. The van der Waals surface area contributed by atoms with E-state index in [4.69, 9.17) is 4.74 Å². The van der Waals surface area contributed by atoms with Crippen LogP contribution in [0.4, 0.5) is 25.1 Å². The summed E-state index contributed by atoms with van der Waals surface area (Å²) in [5.41, 5.74) is -0.0776. The summed E-state index contributed by atoms with van der Waals surface area (Å²) >= 11 is 0. The molecule has 0 saturated carbocycles. The number of aryl methyl sites for hydroxylation is 1. The van der Waals surface area contributed by atoms with Crippen molar-refractivity contribution < 1.29 is 32.6 Å². The molecule has 0 fully saturated rings. The monoisotopic (exact) mass is 373 g/mol. The van der Waals surface area contributed by atoms with Crippen LogP contribution in [0.15, 0.2) is 12.3 Å². The predicted octanol–water partition coefficient (Wildman–Crippen LogP) is 2.87. The third-order valence-corrected chi connectivity index (χ3v) is 2.60. The van der Waals surface area contributed by atoms with Crippen LogP contribution in [0.1, 0.15) is 33.3 Å². The quantitative estimate of drug-likeness (QED) is 0.621. The molecule has 0 unspecified atom stereocenters. The Balaban J connectivity index is 2.68. The molecule has 8 nitrogen and oxygen atoms in total. The lowest BCUT2D eigenvalue weighted by atomic mass is 10.2. The Kier molecular flexibility index (Phi) is 6.60. The molecule has 0 aliphatic heterocycles. The molecule has 0 bridgehead atoms. The second-order valence-electron chi connectivity index (χ2n) is 6.62. The normalized spacial score (nSPS) is 11.5. The van der Waals surface area contributed by atoms with Crippen molar-refractivity contribution in [1.29, 1.82) is 0 Å². The Morgan fingerprint density at radius 3 is 2.27 bits per heavy atom. The fourth-order valence-corrected chi connectivity index (χ4v) is 1.61. The third-order valence-electron chi connectivity index (χ3n) is 2.60. The number of carbonyl (C=O) groups is 3. The molecule has 1 heterocycles. The SMILES string of the molecule is Cc1cc(NC(=O)C(=O)OCC(C)(F)F)cnc1NC(=O)OC(C)(C)C. The topological polar surface area (TPSA) is 107 Å². The highest BCUT2D eigenvalue weighted by Crippen LogP contribution is 2.18. The first kappa shape index (κ1) is 21.3. The van der Waals surface area contributed by atoms with E-state index in [0.717, 1.165) is 0 Å². The standard InChI is InChI=1S/C16H21F2N3O5/c1-9-6-10(20-12(22)13(23)25-8-16(5,17)18)7-19-11(9)21-14(24)26-15(2,3)4/h6-7H,8H2,1-5H3,(H,20,22)(H,19,21,24). The van der Waals surface area contributed by atoms with Gasteiger partial charge in [0.2, 0.25) is 0 Å². The van der Waals surface area contributed by atoms with Crippen LogP contribution in [0.5, 0.6) is 0 Å². The number of nitrogens with one attached hydrogen (secondary N) is 2. The molecule has 10 heteroatoms. The lowest BCUT2D eigenvalue weighted by Crippen LogP contribution is -2.30. The smallest absolute Gasteiger partial charge is 0.413 e. The van der Waals surface area contributed by atoms with Gasteiger partial charge in [-0.2, -0.15) is 0 Å². The van der Waals surface area contributed by atoms with Gasteiger partial charge in [-0.25, -0.2) is 23.4 Å². The van der Waals surface area contributed by atoms with Gasteiger partial charge in [0.05, 0.1) is 11.9 Å². The molecule has 0 aliphatic rings. The van der Waals surface area contributed by atoms with Crippen LogP contribution in [0.2, 0.25) is 0 Å². The summed E-state index contributed by atoms with van der Waals surface area (Å²) in [5, 5.41) is 4.62. The van der Waals surface area contributed by atoms with Crippen molar-refractivity contribution in [1.82, 2.24) is 4.98 Å². The van der Waals surface area contributed by atoms with E-state index in [-0.39, 0.29) is 11.5 Å². The molecule has 1 rings (SSSR count). The van der Waals surface area contributed by atoms with E-state index >= 15 is 0 Å². The van der Waals surface area contributed by atoms with Gasteiger partial charge < -0.3 is 14.8 Å². The first-order chi connectivity index (χ1) is 11.8. The maximum atomic E-state index is 12.6. The highest BCUT2D eigenvalue weighted by atomic mass is 19.3. The van der Waals surface area contributed by atoms with Crippen LogP contribution in [0.3, 0.4) is 0 Å². The van der Waals surface area contributed by atoms with Crippen LogP contribution in [0.25, 0.3) is 0 Å². The molecule has 0 spiro atoms. The molecule has 0 aromatic carbocycles. The van der Waals surface area contributed by atoms with Crippen molar-refractivity contribution in [2.45, 2.75) is 46.1 Å². The van der Waals surface area contributed by atoms with Crippen molar-refractivity contribution in [3.8, 4) is 0 Å². The fourth-order valence-electron chi connectivity index (χ4n) is 1.61. The molecule has 2 amide bonds. The number of halogens is 2. The average molecular weight is 373 g/mol. The predicted molar refractivity (Wildman–Crippen MR) is 89.0 cm³/mol. The first-order valence-corrected chi connectivity index (χ1v) is 7.59. The number of nitrogens with zero attached hydrogens (tertiary/aromatic N) is 1. The second-order valence-corrected chi connectivity index (χ2v) is 6.62. The van der Waals surface area contributed by atoms with Gasteiger partial charge in [-0.1, -0.05) is 0 Å². The lowest BCUT2D eigenvalue weighted by molar-refractivity contribution is -0.159. The number of rotatable bonds is 4. The van der Waals surface area contributed by atoms with Gasteiger partial charge in [-0.05, 0) is 39.3 Å². The first-order valence-electron chi connectivity index (χ1n) is 7.59. The van der Waals surface area contributed by atoms with Crippen molar-refractivity contribution in [3.63, 3.8) is 0 Å². The third kappa shape index (κ3) is 7.86. The van der Waals surface area contributed by atoms with E-state index in [9.17, 15) is 23.2 Å². The maximum absolute atomic E-state index is 12.6. The Morgan fingerprint density at radius 2 is 1.77 bits per heavy atom. The van der Waals surface area contributed by atoms with Gasteiger partial charge in [0.15, 0.2) is 6.61 Å². The van der Waals surface area contributed by atoms with Crippen molar-refractivity contribution in [2.24, 2.45) is 0 Å². The van der Waals surface area contributed by atoms with Crippen molar-refractivity contribution in [2.75, 3.05) is 17.2 Å². The number of pyridine rings is 1. The lowest BCUT2D eigenvalue weighted by Gasteiger charge is -2.20. The largest absolute Gasteiger partial charge is 0.452 e. The van der Waals surface area contributed by atoms with E-state index in [1.54, 1.807) is 27.7 Å². The minimum atomic E-state index is -3.23. The summed E-state index contributed by atoms with van der Waals surface area (Å²) < 4.78 is 34.5. The number of hydrogen-bond acceptors (Lipinski definition) is 6. The number of alkyl halides is 2. The molecule has 0 atom stereocenters. The molecule has 2 N–H and O–H groups in total. The Bertz CT molecular complexity index is 696. The highest BCUT2D eigenvalue weighted by Gasteiger charge is 2.26. The molecule has 0 aliphatic carbocycles. The van der Waals surface area contributed by atoms with Crippen LogP contribution in [-0.2, 0) is 19.1 Å². The highest BCUT2D eigenvalue weighted by molar-refractivity contribution is 6.37. The van der Waals surface area contributed by atoms with Crippen LogP contribution < -0.4 is 10.6 Å². The summed E-state index contributed by atoms with van der Waals surface area (Å²) in [4.78, 5) is 38.6. The van der Waals surface area contributed by atoms with Gasteiger partial charge in [-0.3, -0.25) is 10.1 Å². The molecule has 0 saturated heterocycles. The van der Waals surface area contributed by atoms with E-state index in [1.165, 1.54) is 12.3 Å². The Labute approximate surface area is 149 Å². The number of anilines is 2. The van der Waals surface area contributed by atoms with E-state index < -0.39 is 36.1 Å². The van der Waals surface area contributed by atoms with Gasteiger partial charge in [0.1, 0.15) is 11.4 Å². The van der Waals surface area contributed by atoms with Gasteiger partial charge in [-0.15, -0.1) is 0 Å². The summed E-state index contributed by atoms with van der Waals surface area (Å²) in [7, 11) is 0. The minimum absolute atomic E-state index is 0.127. The van der Waals surface area contributed by atoms with Gasteiger partial charge >= 0.3 is 18.0 Å². The van der Waals surface area contributed by atoms with Crippen molar-refractivity contribution >= 4 is 29.5 Å². The molecular weight excluding hydrogens is 352 g/mol. The summed E-state index contributed by atoms with van der Waals surface area (Å²) in [6.45, 7) is 6.08. The average Bonchev–Trinajstić information content (AvgIpc) is 2.44. The second kappa shape index (κ2) is 8.07. The number of carbonyl (C=O) groups excluding carboxylic acids is 3. The summed E-state index contributed by atoms with van der Waals surface area (Å²) in [5.74, 6) is -5.70. The molecule has 26 heavy (non-hydrogen) atoms.